The van der Waals surface area contributed by atoms with Crippen LogP contribution < -0.4 is 10.7 Å². The Morgan fingerprint density at radius 3 is 2.00 bits per heavy atom. The van der Waals surface area contributed by atoms with Gasteiger partial charge in [0, 0.05) is 18.2 Å². The van der Waals surface area contributed by atoms with Gasteiger partial charge in [0.1, 0.15) is 0 Å². The Morgan fingerprint density at radius 2 is 1.43 bits per heavy atom. The third-order valence-corrected chi connectivity index (χ3v) is 3.26. The van der Waals surface area contributed by atoms with Gasteiger partial charge in [-0.2, -0.15) is 5.10 Å². The zero-order valence-corrected chi connectivity index (χ0v) is 13.4. The molecule has 2 N–H and O–H groups in total. The van der Waals surface area contributed by atoms with Gasteiger partial charge >= 0.3 is 0 Å². The van der Waals surface area contributed by atoms with E-state index in [0.717, 1.165) is 11.1 Å². The predicted molar refractivity (Wildman–Crippen MR) is 91.6 cm³/mol. The fourth-order valence-corrected chi connectivity index (χ4v) is 1.93. The van der Waals surface area contributed by atoms with Crippen LogP contribution >= 0.6 is 0 Å². The molecular weight excluding hydrogens is 290 g/mol. The molecule has 0 heterocycles. The molecule has 0 saturated carbocycles. The normalized spacial score (nSPS) is 11.0. The van der Waals surface area contributed by atoms with E-state index in [9.17, 15) is 9.59 Å². The number of carbonyl (C=O) groups excluding carboxylic acids is 2. The monoisotopic (exact) mass is 309 g/mol. The largest absolute Gasteiger partial charge is 0.322 e. The molecule has 23 heavy (non-hydrogen) atoms. The highest BCUT2D eigenvalue weighted by Crippen LogP contribution is 2.12. The summed E-state index contributed by atoms with van der Waals surface area (Å²) in [5.41, 5.74) is 6.38. The van der Waals surface area contributed by atoms with Crippen molar-refractivity contribution in [3.8, 4) is 0 Å². The molecule has 2 rings (SSSR count). The van der Waals surface area contributed by atoms with Crippen LogP contribution in [0.1, 0.15) is 35.3 Å². The maximum atomic E-state index is 12.1. The quantitative estimate of drug-likeness (QED) is 0.673. The molecule has 0 aliphatic carbocycles. The second-order valence-electron chi connectivity index (χ2n) is 5.26. The lowest BCUT2D eigenvalue weighted by Crippen LogP contribution is -2.15. The van der Waals surface area contributed by atoms with Crippen molar-refractivity contribution >= 4 is 23.2 Å². The van der Waals surface area contributed by atoms with Gasteiger partial charge in [0.2, 0.25) is 5.91 Å². The maximum Gasteiger partial charge on any atom is 0.255 e. The fourth-order valence-electron chi connectivity index (χ4n) is 1.93. The second kappa shape index (κ2) is 7.35. The summed E-state index contributed by atoms with van der Waals surface area (Å²) in [6, 6.07) is 14.7. The van der Waals surface area contributed by atoms with E-state index >= 15 is 0 Å². The summed E-state index contributed by atoms with van der Waals surface area (Å²) in [5.74, 6) is -0.368. The lowest BCUT2D eigenvalue weighted by atomic mass is 10.1. The van der Waals surface area contributed by atoms with Gasteiger partial charge in [0.25, 0.3) is 5.91 Å². The van der Waals surface area contributed by atoms with E-state index in [0.29, 0.717) is 17.0 Å². The lowest BCUT2D eigenvalue weighted by Gasteiger charge is -2.07. The van der Waals surface area contributed by atoms with Crippen LogP contribution in [0.2, 0.25) is 0 Å². The number of hydrazone groups is 1. The van der Waals surface area contributed by atoms with E-state index in [1.165, 1.54) is 6.92 Å². The van der Waals surface area contributed by atoms with Crippen molar-refractivity contribution in [3.05, 3.63) is 65.2 Å². The van der Waals surface area contributed by atoms with Crippen LogP contribution in [0.3, 0.4) is 0 Å². The zero-order valence-electron chi connectivity index (χ0n) is 13.4. The summed E-state index contributed by atoms with van der Waals surface area (Å²) in [6.07, 6.45) is 0. The van der Waals surface area contributed by atoms with E-state index in [1.807, 2.05) is 31.2 Å². The van der Waals surface area contributed by atoms with Gasteiger partial charge in [-0.25, -0.2) is 5.43 Å². The minimum Gasteiger partial charge on any atom is -0.322 e. The molecule has 0 unspecified atom stereocenters. The molecule has 0 aromatic heterocycles. The third kappa shape index (κ3) is 4.78. The molecule has 0 atom stereocenters. The van der Waals surface area contributed by atoms with Crippen LogP contribution in [-0.4, -0.2) is 17.5 Å². The Labute approximate surface area is 135 Å². The topological polar surface area (TPSA) is 70.6 Å². The molecule has 118 valence electrons. The van der Waals surface area contributed by atoms with E-state index in [1.54, 1.807) is 31.2 Å². The van der Waals surface area contributed by atoms with E-state index in [4.69, 9.17) is 0 Å². The van der Waals surface area contributed by atoms with Crippen LogP contribution in [0.15, 0.2) is 53.6 Å². The van der Waals surface area contributed by atoms with Crippen LogP contribution in [0.25, 0.3) is 0 Å². The molecule has 2 aromatic rings. The molecule has 2 aromatic carbocycles. The molecule has 5 nitrogen and oxygen atoms in total. The van der Waals surface area contributed by atoms with Crippen molar-refractivity contribution in [1.82, 2.24) is 5.43 Å². The van der Waals surface area contributed by atoms with Gasteiger partial charge in [0.05, 0.1) is 5.71 Å². The van der Waals surface area contributed by atoms with Gasteiger partial charge in [-0.1, -0.05) is 29.8 Å². The highest BCUT2D eigenvalue weighted by Gasteiger charge is 2.06. The second-order valence-corrected chi connectivity index (χ2v) is 5.26. The Morgan fingerprint density at radius 1 is 0.870 bits per heavy atom. The van der Waals surface area contributed by atoms with E-state index in [-0.39, 0.29) is 11.8 Å². The summed E-state index contributed by atoms with van der Waals surface area (Å²) in [5, 5.41) is 6.82. The lowest BCUT2D eigenvalue weighted by molar-refractivity contribution is -0.118. The first kappa shape index (κ1) is 16.4. The van der Waals surface area contributed by atoms with Crippen LogP contribution in [0, 0.1) is 6.92 Å². The number of hydrogen-bond acceptors (Lipinski definition) is 3. The average Bonchev–Trinajstić information content (AvgIpc) is 2.54. The number of nitrogens with one attached hydrogen (secondary N) is 2. The first-order chi connectivity index (χ1) is 11.0. The molecule has 0 spiro atoms. The summed E-state index contributed by atoms with van der Waals surface area (Å²) >= 11 is 0. The molecule has 0 aliphatic rings. The summed E-state index contributed by atoms with van der Waals surface area (Å²) in [4.78, 5) is 23.0. The van der Waals surface area contributed by atoms with E-state index in [2.05, 4.69) is 15.8 Å². The van der Waals surface area contributed by atoms with Gasteiger partial charge in [-0.3, -0.25) is 9.59 Å². The minimum absolute atomic E-state index is 0.151. The molecule has 0 bridgehead atoms. The number of benzene rings is 2. The SMILES string of the molecule is CC(=O)NN=C(C)c1ccc(NC(=O)c2ccc(C)cc2)cc1. The Balaban J connectivity index is 2.05. The third-order valence-electron chi connectivity index (χ3n) is 3.26. The number of aryl methyl sites for hydroxylation is 1. The standard InChI is InChI=1S/C18H19N3O2/c1-12-4-6-16(7-5-12)18(23)19-17-10-8-15(9-11-17)13(2)20-21-14(3)22/h4-11H,1-3H3,(H,19,23)(H,21,22). The van der Waals surface area contributed by atoms with Crippen LogP contribution in [-0.2, 0) is 4.79 Å². The van der Waals surface area contributed by atoms with Gasteiger partial charge in [0.15, 0.2) is 0 Å². The Bertz CT molecular complexity index is 732. The van der Waals surface area contributed by atoms with Crippen LogP contribution in [0.5, 0.6) is 0 Å². The number of amides is 2. The van der Waals surface area contributed by atoms with Crippen molar-refractivity contribution < 1.29 is 9.59 Å². The predicted octanol–water partition coefficient (Wildman–Crippen LogP) is 3.11. The molecule has 2 amide bonds. The van der Waals surface area contributed by atoms with Crippen molar-refractivity contribution in [2.24, 2.45) is 5.10 Å². The molecule has 0 aliphatic heterocycles. The molecule has 5 heteroatoms. The number of anilines is 1. The van der Waals surface area contributed by atoms with Crippen molar-refractivity contribution in [2.75, 3.05) is 5.32 Å². The van der Waals surface area contributed by atoms with Crippen LogP contribution in [0.4, 0.5) is 5.69 Å². The van der Waals surface area contributed by atoms with Crippen molar-refractivity contribution in [2.45, 2.75) is 20.8 Å². The van der Waals surface area contributed by atoms with Gasteiger partial charge in [-0.15, -0.1) is 0 Å². The highest BCUT2D eigenvalue weighted by molar-refractivity contribution is 6.05. The molecule has 0 saturated heterocycles. The van der Waals surface area contributed by atoms with Crippen molar-refractivity contribution in [3.63, 3.8) is 0 Å². The summed E-state index contributed by atoms with van der Waals surface area (Å²) in [7, 11) is 0. The van der Waals surface area contributed by atoms with Crippen molar-refractivity contribution in [1.29, 1.82) is 0 Å². The average molecular weight is 309 g/mol. The maximum absolute atomic E-state index is 12.1. The van der Waals surface area contributed by atoms with Gasteiger partial charge in [-0.05, 0) is 43.7 Å². The smallest absolute Gasteiger partial charge is 0.255 e. The zero-order chi connectivity index (χ0) is 16.8. The summed E-state index contributed by atoms with van der Waals surface area (Å²) in [6.45, 7) is 5.18. The first-order valence-electron chi connectivity index (χ1n) is 7.25. The number of rotatable bonds is 4. The molecular formula is C18H19N3O2. The Hall–Kier alpha value is -2.95. The van der Waals surface area contributed by atoms with E-state index < -0.39 is 0 Å². The summed E-state index contributed by atoms with van der Waals surface area (Å²) < 4.78 is 0. The van der Waals surface area contributed by atoms with Gasteiger partial charge < -0.3 is 5.32 Å². The number of nitrogens with zero attached hydrogens (tertiary/aromatic N) is 1. The highest BCUT2D eigenvalue weighted by atomic mass is 16.2. The minimum atomic E-state index is -0.216. The Kier molecular flexibility index (Phi) is 5.25. The number of hydrogen-bond donors (Lipinski definition) is 2. The number of carbonyl (C=O) groups is 2. The molecule has 0 radical (unpaired) electrons. The molecule has 0 fully saturated rings. The fraction of sp³-hybridized carbons (Fsp3) is 0.167. The first-order valence-corrected chi connectivity index (χ1v) is 7.25.